The minimum Gasteiger partial charge on any atom is -0.370 e. The van der Waals surface area contributed by atoms with E-state index in [2.05, 4.69) is 24.1 Å². The van der Waals surface area contributed by atoms with Gasteiger partial charge in [-0.2, -0.15) is 0 Å². The third-order valence-corrected chi connectivity index (χ3v) is 6.25. The Bertz CT molecular complexity index is 906. The Morgan fingerprint density at radius 3 is 2.85 bits per heavy atom. The van der Waals surface area contributed by atoms with Gasteiger partial charge in [-0.05, 0) is 31.5 Å². The van der Waals surface area contributed by atoms with Crippen LogP contribution in [0.3, 0.4) is 0 Å². The SMILES string of the molecule is Cc1sc2nc(-c3cccnc3)nc(NCCC[NH+]3CCOCC3)c2c1C. The number of fused-ring (bicyclic) bond motifs is 1. The highest BCUT2D eigenvalue weighted by Crippen LogP contribution is 2.34. The molecule has 1 saturated heterocycles. The van der Waals surface area contributed by atoms with Crippen LogP contribution in [0.5, 0.6) is 0 Å². The Labute approximate surface area is 163 Å². The van der Waals surface area contributed by atoms with Crippen LogP contribution in [0.1, 0.15) is 16.9 Å². The van der Waals surface area contributed by atoms with E-state index < -0.39 is 0 Å². The first-order chi connectivity index (χ1) is 13.2. The molecule has 0 aromatic carbocycles. The molecule has 0 aliphatic carbocycles. The summed E-state index contributed by atoms with van der Waals surface area (Å²) in [5.41, 5.74) is 2.22. The lowest BCUT2D eigenvalue weighted by atomic mass is 10.2. The van der Waals surface area contributed by atoms with Crippen LogP contribution in [0.4, 0.5) is 5.82 Å². The van der Waals surface area contributed by atoms with Crippen molar-refractivity contribution in [2.45, 2.75) is 20.3 Å². The summed E-state index contributed by atoms with van der Waals surface area (Å²) >= 11 is 1.73. The fourth-order valence-corrected chi connectivity index (χ4v) is 4.49. The van der Waals surface area contributed by atoms with E-state index in [1.165, 1.54) is 17.0 Å². The molecule has 1 aliphatic rings. The number of nitrogens with zero attached hydrogens (tertiary/aromatic N) is 3. The first-order valence-electron chi connectivity index (χ1n) is 9.55. The topological polar surface area (TPSA) is 64.4 Å². The third kappa shape index (κ3) is 4.10. The van der Waals surface area contributed by atoms with Gasteiger partial charge in [-0.25, -0.2) is 9.97 Å². The van der Waals surface area contributed by atoms with Crippen molar-refractivity contribution >= 4 is 27.4 Å². The van der Waals surface area contributed by atoms with Gasteiger partial charge in [0.2, 0.25) is 0 Å². The summed E-state index contributed by atoms with van der Waals surface area (Å²) in [4.78, 5) is 17.8. The van der Waals surface area contributed by atoms with Crippen molar-refractivity contribution in [3.8, 4) is 11.4 Å². The molecular formula is C20H26N5OS+. The molecule has 2 N–H and O–H groups in total. The van der Waals surface area contributed by atoms with Gasteiger partial charge in [0.1, 0.15) is 23.7 Å². The third-order valence-electron chi connectivity index (χ3n) is 5.15. The first kappa shape index (κ1) is 18.3. The van der Waals surface area contributed by atoms with Gasteiger partial charge in [-0.15, -0.1) is 11.3 Å². The number of thiophene rings is 1. The van der Waals surface area contributed by atoms with Gasteiger partial charge in [0.05, 0.1) is 25.1 Å². The predicted octanol–water partition coefficient (Wildman–Crippen LogP) is 2.09. The normalized spacial score (nSPS) is 15.3. The molecule has 0 unspecified atom stereocenters. The van der Waals surface area contributed by atoms with E-state index >= 15 is 0 Å². The molecule has 3 aromatic rings. The molecule has 0 saturated carbocycles. The number of ether oxygens (including phenoxy) is 1. The minimum atomic E-state index is 0.734. The number of nitrogens with one attached hydrogen (secondary N) is 2. The highest BCUT2D eigenvalue weighted by atomic mass is 32.1. The highest BCUT2D eigenvalue weighted by Gasteiger charge is 2.16. The van der Waals surface area contributed by atoms with Gasteiger partial charge in [0, 0.05) is 35.8 Å². The molecule has 1 aliphatic heterocycles. The maximum atomic E-state index is 5.44. The average Bonchev–Trinajstić information content (AvgIpc) is 3.00. The first-order valence-corrected chi connectivity index (χ1v) is 10.4. The largest absolute Gasteiger partial charge is 0.370 e. The molecule has 6 nitrogen and oxygen atoms in total. The van der Waals surface area contributed by atoms with E-state index in [1.54, 1.807) is 22.4 Å². The number of rotatable bonds is 6. The summed E-state index contributed by atoms with van der Waals surface area (Å²) in [6, 6.07) is 3.93. The van der Waals surface area contributed by atoms with Crippen molar-refractivity contribution in [2.24, 2.45) is 0 Å². The molecule has 0 amide bonds. The number of hydrogen-bond acceptors (Lipinski definition) is 6. The second-order valence-corrected chi connectivity index (χ2v) is 8.20. The van der Waals surface area contributed by atoms with Gasteiger partial charge in [0.25, 0.3) is 0 Å². The van der Waals surface area contributed by atoms with Crippen LogP contribution >= 0.6 is 11.3 Å². The van der Waals surface area contributed by atoms with Crippen LogP contribution in [0.2, 0.25) is 0 Å². The summed E-state index contributed by atoms with van der Waals surface area (Å²) < 4.78 is 5.44. The maximum absolute atomic E-state index is 5.44. The van der Waals surface area contributed by atoms with Gasteiger partial charge in [-0.3, -0.25) is 4.98 Å². The second-order valence-electron chi connectivity index (χ2n) is 6.99. The van der Waals surface area contributed by atoms with E-state index in [1.807, 2.05) is 18.3 Å². The van der Waals surface area contributed by atoms with Crippen LogP contribution in [-0.2, 0) is 4.74 Å². The molecule has 0 bridgehead atoms. The maximum Gasteiger partial charge on any atom is 0.164 e. The van der Waals surface area contributed by atoms with Crippen molar-refractivity contribution in [2.75, 3.05) is 44.7 Å². The van der Waals surface area contributed by atoms with E-state index in [-0.39, 0.29) is 0 Å². The van der Waals surface area contributed by atoms with Gasteiger partial charge < -0.3 is 15.0 Å². The van der Waals surface area contributed by atoms with Crippen LogP contribution in [0.15, 0.2) is 24.5 Å². The fourth-order valence-electron chi connectivity index (χ4n) is 3.46. The average molecular weight is 385 g/mol. The molecule has 3 aromatic heterocycles. The summed E-state index contributed by atoms with van der Waals surface area (Å²) in [6.45, 7) is 10.4. The second kappa shape index (κ2) is 8.29. The Morgan fingerprint density at radius 2 is 2.07 bits per heavy atom. The zero-order chi connectivity index (χ0) is 18.6. The van der Waals surface area contributed by atoms with Crippen molar-refractivity contribution in [3.05, 3.63) is 35.0 Å². The molecule has 4 rings (SSSR count). The highest BCUT2D eigenvalue weighted by molar-refractivity contribution is 7.18. The Kier molecular flexibility index (Phi) is 5.61. The molecular weight excluding hydrogens is 358 g/mol. The number of anilines is 1. The van der Waals surface area contributed by atoms with Crippen LogP contribution < -0.4 is 10.2 Å². The lowest BCUT2D eigenvalue weighted by molar-refractivity contribution is -0.908. The Morgan fingerprint density at radius 1 is 1.22 bits per heavy atom. The molecule has 0 radical (unpaired) electrons. The number of morpholine rings is 1. The molecule has 1 fully saturated rings. The lowest BCUT2D eigenvalue weighted by Gasteiger charge is -2.23. The van der Waals surface area contributed by atoms with Gasteiger partial charge in [-0.1, -0.05) is 0 Å². The number of hydrogen-bond donors (Lipinski definition) is 2. The van der Waals surface area contributed by atoms with Crippen molar-refractivity contribution < 1.29 is 9.64 Å². The summed E-state index contributed by atoms with van der Waals surface area (Å²) in [7, 11) is 0. The summed E-state index contributed by atoms with van der Waals surface area (Å²) in [6.07, 6.45) is 4.71. The standard InChI is InChI=1S/C20H25N5OS/c1-14-15(2)27-20-17(14)19(22-7-4-8-25-9-11-26-12-10-25)23-18(24-20)16-5-3-6-21-13-16/h3,5-6,13H,4,7-12H2,1-2H3,(H,22,23,24)/p+1. The number of quaternary nitrogens is 1. The summed E-state index contributed by atoms with van der Waals surface area (Å²) in [5, 5.41) is 4.74. The van der Waals surface area contributed by atoms with Crippen LogP contribution in [-0.4, -0.2) is 54.3 Å². The van der Waals surface area contributed by atoms with E-state index in [9.17, 15) is 0 Å². The number of aryl methyl sites for hydroxylation is 2. The van der Waals surface area contributed by atoms with E-state index in [0.29, 0.717) is 0 Å². The van der Waals surface area contributed by atoms with Crippen LogP contribution in [0, 0.1) is 13.8 Å². The lowest BCUT2D eigenvalue weighted by Crippen LogP contribution is -3.14. The van der Waals surface area contributed by atoms with E-state index in [4.69, 9.17) is 14.7 Å². The van der Waals surface area contributed by atoms with Gasteiger partial charge >= 0.3 is 0 Å². The van der Waals surface area contributed by atoms with Gasteiger partial charge in [0.15, 0.2) is 5.82 Å². The quantitative estimate of drug-likeness (QED) is 0.637. The predicted molar refractivity (Wildman–Crippen MR) is 110 cm³/mol. The zero-order valence-corrected chi connectivity index (χ0v) is 16.7. The Balaban J connectivity index is 1.54. The molecule has 27 heavy (non-hydrogen) atoms. The Hall–Kier alpha value is -2.09. The molecule has 4 heterocycles. The monoisotopic (exact) mass is 384 g/mol. The molecule has 142 valence electrons. The molecule has 7 heteroatoms. The number of pyridine rings is 1. The number of aromatic nitrogens is 3. The van der Waals surface area contributed by atoms with Crippen LogP contribution in [0.25, 0.3) is 21.6 Å². The fraction of sp³-hybridized carbons (Fsp3) is 0.450. The van der Waals surface area contributed by atoms with Crippen molar-refractivity contribution in [3.63, 3.8) is 0 Å². The zero-order valence-electron chi connectivity index (χ0n) is 15.9. The summed E-state index contributed by atoms with van der Waals surface area (Å²) in [5.74, 6) is 1.68. The van der Waals surface area contributed by atoms with Crippen molar-refractivity contribution in [1.82, 2.24) is 15.0 Å². The minimum absolute atomic E-state index is 0.734. The smallest absolute Gasteiger partial charge is 0.164 e. The molecule has 0 atom stereocenters. The van der Waals surface area contributed by atoms with Crippen molar-refractivity contribution in [1.29, 1.82) is 0 Å². The van der Waals surface area contributed by atoms with E-state index in [0.717, 1.165) is 66.7 Å². The molecule has 0 spiro atoms.